The zero-order chi connectivity index (χ0) is 20.9. The second-order valence-corrected chi connectivity index (χ2v) is 6.65. The Morgan fingerprint density at radius 1 is 0.690 bits per heavy atom. The lowest BCUT2D eigenvalue weighted by atomic mass is 10.0. The molecule has 0 saturated carbocycles. The molecule has 29 heavy (non-hydrogen) atoms. The second-order valence-electron chi connectivity index (χ2n) is 6.65. The van der Waals surface area contributed by atoms with E-state index in [-0.39, 0.29) is 0 Å². The molecule has 0 atom stereocenters. The largest absolute Gasteiger partial charge is 0.457 e. The molecule has 4 rings (SSSR count). The predicted molar refractivity (Wildman–Crippen MR) is 122 cm³/mol. The summed E-state index contributed by atoms with van der Waals surface area (Å²) in [7, 11) is 0. The highest BCUT2D eigenvalue weighted by Crippen LogP contribution is 2.31. The fourth-order valence-electron chi connectivity index (χ4n) is 2.76. The van der Waals surface area contributed by atoms with E-state index in [1.165, 1.54) is 12.5 Å². The van der Waals surface area contributed by atoms with Crippen LogP contribution in [-0.2, 0) is 9.53 Å². The zero-order valence-electron chi connectivity index (χ0n) is 17.3. The van der Waals surface area contributed by atoms with Gasteiger partial charge in [0.25, 0.3) is 0 Å². The minimum absolute atomic E-state index is 0.374. The summed E-state index contributed by atoms with van der Waals surface area (Å²) in [5, 5.41) is 0. The van der Waals surface area contributed by atoms with Crippen LogP contribution < -0.4 is 0 Å². The molecule has 0 bridgehead atoms. The Labute approximate surface area is 174 Å². The normalized spacial score (nSPS) is 12.7. The lowest BCUT2D eigenvalue weighted by molar-refractivity contribution is -0.106. The molecule has 3 aromatic rings. The molecule has 0 aliphatic carbocycles. The number of allylic oxidation sites excluding steroid dienone is 2. The second kappa shape index (κ2) is 12.1. The topological polar surface area (TPSA) is 26.3 Å². The van der Waals surface area contributed by atoms with Gasteiger partial charge in [0, 0.05) is 11.1 Å². The maximum absolute atomic E-state index is 8.81. The van der Waals surface area contributed by atoms with Crippen molar-refractivity contribution in [2.45, 2.75) is 20.8 Å². The van der Waals surface area contributed by atoms with E-state index in [0.29, 0.717) is 5.92 Å². The van der Waals surface area contributed by atoms with Crippen LogP contribution in [0.25, 0.3) is 11.5 Å². The van der Waals surface area contributed by atoms with Crippen molar-refractivity contribution < 1.29 is 9.53 Å². The Hall–Kier alpha value is -3.39. The van der Waals surface area contributed by atoms with Crippen LogP contribution in [-0.4, -0.2) is 6.29 Å². The van der Waals surface area contributed by atoms with E-state index in [9.17, 15) is 0 Å². The molecule has 0 unspecified atom stereocenters. The third-order valence-electron chi connectivity index (χ3n) is 4.11. The number of aryl methyl sites for hydroxylation is 1. The van der Waals surface area contributed by atoms with Gasteiger partial charge in [-0.15, -0.1) is 0 Å². The molecular weight excluding hydrogens is 356 g/mol. The number of hydrogen-bond donors (Lipinski definition) is 0. The number of carbonyl (C=O) groups excluding carboxylic acids is 1. The summed E-state index contributed by atoms with van der Waals surface area (Å²) in [6.45, 7) is 5.70. The first kappa shape index (κ1) is 21.9. The van der Waals surface area contributed by atoms with Crippen molar-refractivity contribution in [3.8, 4) is 0 Å². The molecule has 1 heterocycles. The molecule has 0 amide bonds. The van der Waals surface area contributed by atoms with E-state index >= 15 is 0 Å². The minimum Gasteiger partial charge on any atom is -0.457 e. The molecule has 0 spiro atoms. The van der Waals surface area contributed by atoms with Crippen molar-refractivity contribution >= 4 is 17.8 Å². The molecular formula is C27H28O2. The maximum atomic E-state index is 8.81. The average Bonchev–Trinajstić information content (AvgIpc) is 2.76. The molecule has 148 valence electrons. The number of rotatable bonds is 2. The molecule has 3 aromatic carbocycles. The smallest absolute Gasteiger partial charge is 0.131 e. The van der Waals surface area contributed by atoms with Gasteiger partial charge >= 0.3 is 0 Å². The highest BCUT2D eigenvalue weighted by Gasteiger charge is 2.15. The van der Waals surface area contributed by atoms with Crippen LogP contribution in [0.2, 0.25) is 0 Å². The van der Waals surface area contributed by atoms with Gasteiger partial charge in [-0.25, -0.2) is 0 Å². The van der Waals surface area contributed by atoms with Gasteiger partial charge in [0.1, 0.15) is 17.8 Å². The molecule has 1 aliphatic heterocycles. The standard InChI is InChI=1S/C18H16O.C7H8.C2H4O/c1-14-12-17(15-8-4-2-5-9-15)19-18(13-14)16-10-6-3-7-11-16;1-7-5-3-2-4-6-7;1-2-3/h2-14H,1H3;2-6H,1H3;2H,1H3. The first-order valence-electron chi connectivity index (χ1n) is 9.77. The molecule has 0 aromatic heterocycles. The van der Waals surface area contributed by atoms with Crippen molar-refractivity contribution in [2.75, 3.05) is 0 Å². The lowest BCUT2D eigenvalue weighted by Gasteiger charge is -2.20. The minimum atomic E-state index is 0.374. The summed E-state index contributed by atoms with van der Waals surface area (Å²) in [6, 6.07) is 30.7. The summed E-state index contributed by atoms with van der Waals surface area (Å²) < 4.78 is 6.05. The first-order chi connectivity index (χ1) is 14.1. The van der Waals surface area contributed by atoms with E-state index in [4.69, 9.17) is 9.53 Å². The molecule has 0 fully saturated rings. The molecule has 2 heteroatoms. The van der Waals surface area contributed by atoms with Crippen LogP contribution in [0, 0.1) is 12.8 Å². The van der Waals surface area contributed by atoms with E-state index in [2.05, 4.69) is 62.4 Å². The third-order valence-corrected chi connectivity index (χ3v) is 4.11. The molecule has 0 saturated heterocycles. The number of benzene rings is 3. The van der Waals surface area contributed by atoms with E-state index in [1.54, 1.807) is 0 Å². The molecule has 0 radical (unpaired) electrons. The zero-order valence-corrected chi connectivity index (χ0v) is 17.3. The van der Waals surface area contributed by atoms with Gasteiger partial charge in [0.2, 0.25) is 0 Å². The highest BCUT2D eigenvalue weighted by molar-refractivity contribution is 5.72. The number of carbonyl (C=O) groups is 1. The van der Waals surface area contributed by atoms with Gasteiger partial charge in [-0.3, -0.25) is 0 Å². The summed E-state index contributed by atoms with van der Waals surface area (Å²) in [6.07, 6.45) is 5.06. The van der Waals surface area contributed by atoms with Crippen LogP contribution in [0.4, 0.5) is 0 Å². The van der Waals surface area contributed by atoms with Crippen LogP contribution >= 0.6 is 0 Å². The van der Waals surface area contributed by atoms with Crippen LogP contribution in [0.15, 0.2) is 103 Å². The third kappa shape index (κ3) is 7.63. The van der Waals surface area contributed by atoms with E-state index in [1.807, 2.05) is 54.6 Å². The van der Waals surface area contributed by atoms with Crippen LogP contribution in [0.3, 0.4) is 0 Å². The van der Waals surface area contributed by atoms with Crippen LogP contribution in [0.1, 0.15) is 30.5 Å². The summed E-state index contributed by atoms with van der Waals surface area (Å²) in [5.41, 5.74) is 3.56. The summed E-state index contributed by atoms with van der Waals surface area (Å²) in [5.74, 6) is 2.25. The summed E-state index contributed by atoms with van der Waals surface area (Å²) >= 11 is 0. The average molecular weight is 385 g/mol. The fraction of sp³-hybridized carbons (Fsp3) is 0.148. The number of hydrogen-bond acceptors (Lipinski definition) is 2. The van der Waals surface area contributed by atoms with E-state index < -0.39 is 0 Å². The lowest BCUT2D eigenvalue weighted by Crippen LogP contribution is -2.02. The van der Waals surface area contributed by atoms with Gasteiger partial charge in [0.05, 0.1) is 0 Å². The maximum Gasteiger partial charge on any atom is 0.131 e. The number of aldehydes is 1. The predicted octanol–water partition coefficient (Wildman–Crippen LogP) is 6.94. The Morgan fingerprint density at radius 2 is 1.03 bits per heavy atom. The monoisotopic (exact) mass is 384 g/mol. The van der Waals surface area contributed by atoms with Gasteiger partial charge in [0.15, 0.2) is 0 Å². The number of ether oxygens (including phenoxy) is 1. The van der Waals surface area contributed by atoms with Crippen molar-refractivity contribution in [1.82, 2.24) is 0 Å². The first-order valence-corrected chi connectivity index (χ1v) is 9.77. The molecule has 0 N–H and O–H groups in total. The van der Waals surface area contributed by atoms with Gasteiger partial charge in [-0.2, -0.15) is 0 Å². The Balaban J connectivity index is 0.000000250. The van der Waals surface area contributed by atoms with Crippen LogP contribution in [0.5, 0.6) is 0 Å². The fourth-order valence-corrected chi connectivity index (χ4v) is 2.76. The van der Waals surface area contributed by atoms with Crippen molar-refractivity contribution in [1.29, 1.82) is 0 Å². The van der Waals surface area contributed by atoms with Crippen molar-refractivity contribution in [2.24, 2.45) is 5.92 Å². The Bertz CT molecular complexity index is 855. The van der Waals surface area contributed by atoms with E-state index in [0.717, 1.165) is 28.9 Å². The summed E-state index contributed by atoms with van der Waals surface area (Å²) in [4.78, 5) is 8.81. The quantitative estimate of drug-likeness (QED) is 0.448. The highest BCUT2D eigenvalue weighted by atomic mass is 16.5. The van der Waals surface area contributed by atoms with Gasteiger partial charge in [-0.1, -0.05) is 103 Å². The Morgan fingerprint density at radius 3 is 1.34 bits per heavy atom. The molecule has 1 aliphatic rings. The van der Waals surface area contributed by atoms with Crippen molar-refractivity contribution in [3.63, 3.8) is 0 Å². The molecule has 2 nitrogen and oxygen atoms in total. The van der Waals surface area contributed by atoms with Gasteiger partial charge < -0.3 is 9.53 Å². The van der Waals surface area contributed by atoms with Crippen molar-refractivity contribution in [3.05, 3.63) is 120 Å². The van der Waals surface area contributed by atoms with Gasteiger partial charge in [-0.05, 0) is 31.9 Å². The SMILES string of the molecule is CC1C=C(c2ccccc2)OC(c2ccccc2)=C1.CC=O.Cc1ccccc1. The Kier molecular flexibility index (Phi) is 9.17.